The molecule has 2 rings (SSSR count). The molecule has 0 saturated carbocycles. The van der Waals surface area contributed by atoms with Gasteiger partial charge in [-0.05, 0) is 11.4 Å². The highest BCUT2D eigenvalue weighted by Crippen LogP contribution is 2.25. The van der Waals surface area contributed by atoms with Gasteiger partial charge in [0.25, 0.3) is 5.91 Å². The van der Waals surface area contributed by atoms with Crippen LogP contribution in [0.3, 0.4) is 0 Å². The van der Waals surface area contributed by atoms with Crippen LogP contribution in [0.2, 0.25) is 0 Å². The predicted octanol–water partition coefficient (Wildman–Crippen LogP) is 1.69. The van der Waals surface area contributed by atoms with Crippen LogP contribution in [0, 0.1) is 0 Å². The maximum Gasteiger partial charge on any atom is 0.271 e. The summed E-state index contributed by atoms with van der Waals surface area (Å²) in [6.07, 6.45) is 0. The zero-order valence-corrected chi connectivity index (χ0v) is 12.2. The van der Waals surface area contributed by atoms with Gasteiger partial charge in [-0.2, -0.15) is 11.3 Å². The van der Waals surface area contributed by atoms with E-state index in [9.17, 15) is 9.59 Å². The molecule has 2 heterocycles. The number of carbonyl (C=O) groups excluding carboxylic acids is 2. The van der Waals surface area contributed by atoms with Crippen molar-refractivity contribution in [3.63, 3.8) is 0 Å². The Morgan fingerprint density at radius 3 is 2.79 bits per heavy atom. The van der Waals surface area contributed by atoms with Crippen molar-refractivity contribution in [2.45, 2.75) is 0 Å². The summed E-state index contributed by atoms with van der Waals surface area (Å²) >= 11 is 3.00. The van der Waals surface area contributed by atoms with E-state index in [2.05, 4.69) is 10.3 Å². The number of amides is 2. The third-order valence-corrected chi connectivity index (χ3v) is 3.98. The van der Waals surface area contributed by atoms with E-state index in [-0.39, 0.29) is 18.4 Å². The average molecular weight is 295 g/mol. The first kappa shape index (κ1) is 13.7. The summed E-state index contributed by atoms with van der Waals surface area (Å²) in [5.74, 6) is -0.477. The minimum Gasteiger partial charge on any atom is -0.347 e. The predicted molar refractivity (Wildman–Crippen MR) is 76.5 cm³/mol. The second-order valence-electron chi connectivity index (χ2n) is 4.02. The van der Waals surface area contributed by atoms with E-state index in [1.165, 1.54) is 16.2 Å². The topological polar surface area (TPSA) is 62.3 Å². The van der Waals surface area contributed by atoms with Gasteiger partial charge in [-0.25, -0.2) is 4.98 Å². The molecule has 0 fully saturated rings. The van der Waals surface area contributed by atoms with Crippen LogP contribution < -0.4 is 5.32 Å². The van der Waals surface area contributed by atoms with E-state index in [1.807, 2.05) is 16.8 Å². The third kappa shape index (κ3) is 3.39. The highest BCUT2D eigenvalue weighted by atomic mass is 32.1. The molecule has 2 aromatic heterocycles. The van der Waals surface area contributed by atoms with Crippen molar-refractivity contribution in [3.8, 4) is 10.6 Å². The number of thiophene rings is 1. The van der Waals surface area contributed by atoms with Crippen molar-refractivity contribution < 1.29 is 9.59 Å². The van der Waals surface area contributed by atoms with Crippen LogP contribution in [0.1, 0.15) is 10.5 Å². The number of nitrogens with one attached hydrogen (secondary N) is 1. The lowest BCUT2D eigenvalue weighted by molar-refractivity contribution is -0.127. The van der Waals surface area contributed by atoms with Gasteiger partial charge in [0.05, 0.1) is 6.54 Å². The van der Waals surface area contributed by atoms with Crippen molar-refractivity contribution in [2.24, 2.45) is 0 Å². The quantitative estimate of drug-likeness (QED) is 0.933. The van der Waals surface area contributed by atoms with Gasteiger partial charge in [-0.3, -0.25) is 9.59 Å². The second-order valence-corrected chi connectivity index (χ2v) is 5.66. The molecule has 0 aromatic carbocycles. The number of aromatic nitrogens is 1. The Hall–Kier alpha value is -1.73. The standard InChI is InChI=1S/C12H13N3O2S2/c1-15(2)10(16)5-13-11(17)9-7-19-12(14-9)8-3-4-18-6-8/h3-4,6-7H,5H2,1-2H3,(H,13,17). The lowest BCUT2D eigenvalue weighted by Gasteiger charge is -2.09. The Morgan fingerprint density at radius 1 is 1.37 bits per heavy atom. The Balaban J connectivity index is 1.99. The number of hydrogen-bond acceptors (Lipinski definition) is 5. The fourth-order valence-electron chi connectivity index (χ4n) is 1.30. The summed E-state index contributed by atoms with van der Waals surface area (Å²) in [4.78, 5) is 28.9. The summed E-state index contributed by atoms with van der Waals surface area (Å²) in [6.45, 7) is -0.0167. The highest BCUT2D eigenvalue weighted by molar-refractivity contribution is 7.14. The maximum absolute atomic E-state index is 11.8. The minimum absolute atomic E-state index is 0.0167. The number of thiazole rings is 1. The van der Waals surface area contributed by atoms with Crippen LogP contribution in [-0.2, 0) is 4.79 Å². The molecule has 0 radical (unpaired) electrons. The van der Waals surface area contributed by atoms with Crippen LogP contribution in [-0.4, -0.2) is 42.3 Å². The molecule has 0 aliphatic rings. The van der Waals surface area contributed by atoms with Crippen LogP contribution in [0.4, 0.5) is 0 Å². The van der Waals surface area contributed by atoms with Gasteiger partial charge in [-0.1, -0.05) is 0 Å². The van der Waals surface area contributed by atoms with Gasteiger partial charge in [0.1, 0.15) is 10.7 Å². The van der Waals surface area contributed by atoms with Crippen molar-refractivity contribution in [3.05, 3.63) is 27.9 Å². The van der Waals surface area contributed by atoms with Crippen molar-refractivity contribution in [2.75, 3.05) is 20.6 Å². The lowest BCUT2D eigenvalue weighted by atomic mass is 10.3. The average Bonchev–Trinajstić information content (AvgIpc) is 3.04. The molecule has 0 spiro atoms. The van der Waals surface area contributed by atoms with Crippen LogP contribution in [0.25, 0.3) is 10.6 Å². The van der Waals surface area contributed by atoms with Crippen LogP contribution in [0.15, 0.2) is 22.2 Å². The molecule has 100 valence electrons. The molecule has 0 saturated heterocycles. The van der Waals surface area contributed by atoms with Gasteiger partial charge < -0.3 is 10.2 Å². The fraction of sp³-hybridized carbons (Fsp3) is 0.250. The summed E-state index contributed by atoms with van der Waals surface area (Å²) in [6, 6.07) is 1.96. The van der Waals surface area contributed by atoms with Gasteiger partial charge in [-0.15, -0.1) is 11.3 Å². The van der Waals surface area contributed by atoms with Crippen molar-refractivity contribution in [1.29, 1.82) is 0 Å². The van der Waals surface area contributed by atoms with E-state index in [4.69, 9.17) is 0 Å². The molecular weight excluding hydrogens is 282 g/mol. The molecule has 0 aliphatic carbocycles. The lowest BCUT2D eigenvalue weighted by Crippen LogP contribution is -2.36. The van der Waals surface area contributed by atoms with Crippen LogP contribution in [0.5, 0.6) is 0 Å². The number of hydrogen-bond donors (Lipinski definition) is 1. The zero-order chi connectivity index (χ0) is 13.8. The molecule has 0 unspecified atom stereocenters. The molecule has 0 bridgehead atoms. The third-order valence-electron chi connectivity index (χ3n) is 2.40. The molecule has 2 amide bonds. The summed E-state index contributed by atoms with van der Waals surface area (Å²) in [7, 11) is 3.29. The number of carbonyl (C=O) groups is 2. The molecule has 1 N–H and O–H groups in total. The van der Waals surface area contributed by atoms with E-state index in [1.54, 1.807) is 30.8 Å². The monoisotopic (exact) mass is 295 g/mol. The first-order valence-corrected chi connectivity index (χ1v) is 7.36. The van der Waals surface area contributed by atoms with Gasteiger partial charge >= 0.3 is 0 Å². The minimum atomic E-state index is -0.326. The fourth-order valence-corrected chi connectivity index (χ4v) is 2.81. The summed E-state index contributed by atoms with van der Waals surface area (Å²) < 4.78 is 0. The van der Waals surface area contributed by atoms with E-state index < -0.39 is 0 Å². The summed E-state index contributed by atoms with van der Waals surface area (Å²) in [5, 5.41) is 9.01. The van der Waals surface area contributed by atoms with Gasteiger partial charge in [0, 0.05) is 30.4 Å². The normalized spacial score (nSPS) is 10.2. The Kier molecular flexibility index (Phi) is 4.28. The highest BCUT2D eigenvalue weighted by Gasteiger charge is 2.13. The molecule has 2 aromatic rings. The second kappa shape index (κ2) is 5.94. The number of likely N-dealkylation sites (N-methyl/N-ethyl adjacent to an activating group) is 1. The Morgan fingerprint density at radius 2 is 2.16 bits per heavy atom. The van der Waals surface area contributed by atoms with E-state index in [0.29, 0.717) is 5.69 Å². The smallest absolute Gasteiger partial charge is 0.271 e. The maximum atomic E-state index is 11.8. The molecule has 0 atom stereocenters. The SMILES string of the molecule is CN(C)C(=O)CNC(=O)c1csc(-c2ccsc2)n1. The van der Waals surface area contributed by atoms with Crippen molar-refractivity contribution in [1.82, 2.24) is 15.2 Å². The van der Waals surface area contributed by atoms with Crippen molar-refractivity contribution >= 4 is 34.5 Å². The molecular formula is C12H13N3O2S2. The Labute approximate surface area is 118 Å². The van der Waals surface area contributed by atoms with Gasteiger partial charge in [0.15, 0.2) is 0 Å². The van der Waals surface area contributed by atoms with Crippen LogP contribution >= 0.6 is 22.7 Å². The first-order valence-electron chi connectivity index (χ1n) is 5.54. The number of nitrogens with zero attached hydrogens (tertiary/aromatic N) is 2. The van der Waals surface area contributed by atoms with Gasteiger partial charge in [0.2, 0.25) is 5.91 Å². The van der Waals surface area contributed by atoms with E-state index >= 15 is 0 Å². The molecule has 7 heteroatoms. The zero-order valence-electron chi connectivity index (χ0n) is 10.5. The largest absolute Gasteiger partial charge is 0.347 e. The number of rotatable bonds is 4. The molecule has 0 aliphatic heterocycles. The molecule has 19 heavy (non-hydrogen) atoms. The summed E-state index contributed by atoms with van der Waals surface area (Å²) in [5.41, 5.74) is 1.36. The molecule has 5 nitrogen and oxygen atoms in total. The first-order chi connectivity index (χ1) is 9.08. The Bertz CT molecular complexity index is 576. The van der Waals surface area contributed by atoms with E-state index in [0.717, 1.165) is 10.6 Å².